The molecule has 1 unspecified atom stereocenters. The van der Waals surface area contributed by atoms with E-state index < -0.39 is 0 Å². The second-order valence-electron chi connectivity index (χ2n) is 9.43. The molecule has 0 radical (unpaired) electrons. The monoisotopic (exact) mass is 399 g/mol. The summed E-state index contributed by atoms with van der Waals surface area (Å²) in [6, 6.07) is 18.6. The number of hydrogen-bond donors (Lipinski definition) is 1. The van der Waals surface area contributed by atoms with Gasteiger partial charge in [-0.05, 0) is 47.0 Å². The van der Waals surface area contributed by atoms with Crippen LogP contribution in [0.15, 0.2) is 54.6 Å². The number of fused-ring (bicyclic) bond motifs is 3. The van der Waals surface area contributed by atoms with E-state index in [1.54, 1.807) is 0 Å². The third-order valence-electron chi connectivity index (χ3n) is 5.39. The van der Waals surface area contributed by atoms with Gasteiger partial charge in [-0.15, -0.1) is 0 Å². The lowest BCUT2D eigenvalue weighted by atomic mass is 9.84. The molecule has 0 bridgehead atoms. The first-order chi connectivity index (χ1) is 14.2. The largest absolute Gasteiger partial charge is 0.305 e. The van der Waals surface area contributed by atoms with Crippen LogP contribution in [0.2, 0.25) is 0 Å². The number of hydrogen-bond acceptors (Lipinski definition) is 4. The number of carbonyl (C=O) groups is 1. The molecule has 0 saturated heterocycles. The Hall–Kier alpha value is -2.85. The van der Waals surface area contributed by atoms with E-state index in [0.29, 0.717) is 6.42 Å². The van der Waals surface area contributed by atoms with Crippen LogP contribution in [0.25, 0.3) is 32.8 Å². The zero-order valence-electron chi connectivity index (χ0n) is 18.4. The van der Waals surface area contributed by atoms with Crippen molar-refractivity contribution in [1.29, 1.82) is 0 Å². The van der Waals surface area contributed by atoms with Gasteiger partial charge in [-0.3, -0.25) is 4.79 Å². The van der Waals surface area contributed by atoms with Crippen LogP contribution in [0.1, 0.15) is 40.2 Å². The predicted octanol–water partition coefficient (Wildman–Crippen LogP) is 5.46. The zero-order valence-corrected chi connectivity index (χ0v) is 18.4. The van der Waals surface area contributed by atoms with Gasteiger partial charge in [-0.2, -0.15) is 0 Å². The van der Waals surface area contributed by atoms with Gasteiger partial charge < -0.3 is 5.32 Å². The Balaban J connectivity index is 1.73. The number of nitrogens with zero attached hydrogens (tertiary/aromatic N) is 2. The van der Waals surface area contributed by atoms with Gasteiger partial charge in [0, 0.05) is 11.5 Å². The molecule has 0 spiro atoms. The smallest absolute Gasteiger partial charge is 0.155 e. The fraction of sp³-hybridized carbons (Fsp3) is 0.346. The van der Waals surface area contributed by atoms with E-state index in [9.17, 15) is 4.79 Å². The molecule has 0 aliphatic heterocycles. The van der Waals surface area contributed by atoms with E-state index in [0.717, 1.165) is 33.0 Å². The molecule has 30 heavy (non-hydrogen) atoms. The molecule has 4 aromatic rings. The molecule has 1 N–H and O–H groups in total. The topological polar surface area (TPSA) is 54.9 Å². The molecule has 4 nitrogen and oxygen atoms in total. The molecular formula is C26H29N3O. The Morgan fingerprint density at radius 3 is 2.00 bits per heavy atom. The quantitative estimate of drug-likeness (QED) is 0.453. The van der Waals surface area contributed by atoms with Gasteiger partial charge in [0.05, 0.1) is 28.1 Å². The first kappa shape index (κ1) is 20.4. The molecule has 3 aromatic carbocycles. The number of rotatable bonds is 5. The Morgan fingerprint density at radius 1 is 0.867 bits per heavy atom. The highest BCUT2D eigenvalue weighted by atomic mass is 16.1. The number of carbonyl (C=O) groups excluding carboxylic acids is 1. The maximum Gasteiger partial charge on any atom is 0.155 e. The van der Waals surface area contributed by atoms with Crippen molar-refractivity contribution >= 4 is 38.6 Å². The molecule has 0 aliphatic carbocycles. The lowest BCUT2D eigenvalue weighted by Gasteiger charge is -2.27. The van der Waals surface area contributed by atoms with E-state index in [1.165, 1.54) is 5.39 Å². The fourth-order valence-corrected chi connectivity index (χ4v) is 3.92. The van der Waals surface area contributed by atoms with E-state index in [-0.39, 0.29) is 23.3 Å². The summed E-state index contributed by atoms with van der Waals surface area (Å²) in [5.74, 6) is 0.229. The van der Waals surface area contributed by atoms with Crippen molar-refractivity contribution in [3.05, 3.63) is 60.2 Å². The van der Waals surface area contributed by atoms with Gasteiger partial charge in [0.15, 0.2) is 5.78 Å². The number of Topliss-reactive ketones (excluding diaryl/α,β-unsaturated/α-hetero) is 1. The average molecular weight is 400 g/mol. The summed E-state index contributed by atoms with van der Waals surface area (Å²) in [6.07, 6.45) is 0.641. The lowest BCUT2D eigenvalue weighted by molar-refractivity contribution is -0.128. The summed E-state index contributed by atoms with van der Waals surface area (Å²) in [7, 11) is 0. The van der Waals surface area contributed by atoms with Gasteiger partial charge in [-0.25, -0.2) is 9.97 Å². The van der Waals surface area contributed by atoms with E-state index >= 15 is 0 Å². The van der Waals surface area contributed by atoms with Crippen LogP contribution >= 0.6 is 0 Å². The average Bonchev–Trinajstić information content (AvgIpc) is 2.68. The molecule has 4 rings (SSSR count). The molecule has 154 valence electrons. The molecule has 1 aromatic heterocycles. The standard InChI is InChI=1S/C26H29N3O/c1-16(2)27-24(25(30)26(3,4)5)13-17-10-11-20-21(12-17)29-23-15-19-9-7-6-8-18(19)14-22(23)28-20/h6-12,14-16,24,27H,13H2,1-5H3. The number of nitrogens with one attached hydrogen (secondary N) is 1. The minimum absolute atomic E-state index is 0.222. The molecule has 0 fully saturated rings. The second kappa shape index (κ2) is 7.77. The molecular weight excluding hydrogens is 370 g/mol. The maximum atomic E-state index is 13.0. The predicted molar refractivity (Wildman–Crippen MR) is 125 cm³/mol. The van der Waals surface area contributed by atoms with Crippen molar-refractivity contribution in [1.82, 2.24) is 15.3 Å². The lowest BCUT2D eigenvalue weighted by Crippen LogP contribution is -2.47. The highest BCUT2D eigenvalue weighted by molar-refractivity contribution is 5.97. The summed E-state index contributed by atoms with van der Waals surface area (Å²) < 4.78 is 0. The summed E-state index contributed by atoms with van der Waals surface area (Å²) in [6.45, 7) is 10.1. The van der Waals surface area contributed by atoms with Crippen molar-refractivity contribution in [2.24, 2.45) is 5.41 Å². The summed E-state index contributed by atoms with van der Waals surface area (Å²) in [5, 5.41) is 5.77. The molecule has 1 atom stereocenters. The second-order valence-corrected chi connectivity index (χ2v) is 9.43. The third-order valence-corrected chi connectivity index (χ3v) is 5.39. The minimum Gasteiger partial charge on any atom is -0.305 e. The first-order valence-electron chi connectivity index (χ1n) is 10.6. The van der Waals surface area contributed by atoms with Crippen LogP contribution in [0, 0.1) is 5.41 Å². The van der Waals surface area contributed by atoms with Gasteiger partial charge in [0.1, 0.15) is 0 Å². The fourth-order valence-electron chi connectivity index (χ4n) is 3.92. The molecule has 1 heterocycles. The number of aromatic nitrogens is 2. The van der Waals surface area contributed by atoms with Crippen molar-refractivity contribution in [3.63, 3.8) is 0 Å². The molecule has 4 heteroatoms. The SMILES string of the molecule is CC(C)NC(Cc1ccc2nc3cc4ccccc4cc3nc2c1)C(=O)C(C)(C)C. The highest BCUT2D eigenvalue weighted by Crippen LogP contribution is 2.24. The Labute approximate surface area is 177 Å². The van der Waals surface area contributed by atoms with Crippen LogP contribution < -0.4 is 5.32 Å². The van der Waals surface area contributed by atoms with Crippen molar-refractivity contribution in [3.8, 4) is 0 Å². The van der Waals surface area contributed by atoms with Crippen LogP contribution in [-0.4, -0.2) is 27.8 Å². The van der Waals surface area contributed by atoms with Crippen molar-refractivity contribution in [2.75, 3.05) is 0 Å². The normalized spacial score (nSPS) is 13.4. The summed E-state index contributed by atoms with van der Waals surface area (Å²) in [5.41, 5.74) is 4.23. The number of ketones is 1. The molecule has 0 saturated carbocycles. The van der Waals surface area contributed by atoms with Gasteiger partial charge >= 0.3 is 0 Å². The van der Waals surface area contributed by atoms with Gasteiger partial charge in [-0.1, -0.05) is 65.0 Å². The van der Waals surface area contributed by atoms with E-state index in [2.05, 4.69) is 55.6 Å². The summed E-state index contributed by atoms with van der Waals surface area (Å²) in [4.78, 5) is 22.7. The molecule has 0 aliphatic rings. The van der Waals surface area contributed by atoms with E-state index in [4.69, 9.17) is 9.97 Å². The minimum atomic E-state index is -0.388. The van der Waals surface area contributed by atoms with Crippen LogP contribution in [0.4, 0.5) is 0 Å². The number of benzene rings is 3. The van der Waals surface area contributed by atoms with Crippen molar-refractivity contribution in [2.45, 2.75) is 53.1 Å². The van der Waals surface area contributed by atoms with E-state index in [1.807, 2.05) is 39.0 Å². The third kappa shape index (κ3) is 4.19. The van der Waals surface area contributed by atoms with Gasteiger partial charge in [0.25, 0.3) is 0 Å². The van der Waals surface area contributed by atoms with Crippen molar-refractivity contribution < 1.29 is 4.79 Å². The Kier molecular flexibility index (Phi) is 5.29. The Morgan fingerprint density at radius 2 is 1.43 bits per heavy atom. The van der Waals surface area contributed by atoms with Crippen LogP contribution in [-0.2, 0) is 11.2 Å². The van der Waals surface area contributed by atoms with Crippen LogP contribution in [0.3, 0.4) is 0 Å². The highest BCUT2D eigenvalue weighted by Gasteiger charge is 2.30. The summed E-state index contributed by atoms with van der Waals surface area (Å²) >= 11 is 0. The first-order valence-corrected chi connectivity index (χ1v) is 10.6. The van der Waals surface area contributed by atoms with Crippen LogP contribution in [0.5, 0.6) is 0 Å². The maximum absolute atomic E-state index is 13.0. The van der Waals surface area contributed by atoms with Gasteiger partial charge in [0.2, 0.25) is 0 Å². The molecule has 0 amide bonds. The Bertz CT molecular complexity index is 1240. The zero-order chi connectivity index (χ0) is 21.5.